The zero-order chi connectivity index (χ0) is 15.6. The topological polar surface area (TPSA) is 104 Å². The van der Waals surface area contributed by atoms with Crippen molar-refractivity contribution in [3.05, 3.63) is 12.7 Å². The molecule has 0 bridgehead atoms. The lowest BCUT2D eigenvalue weighted by atomic mass is 10.2. The normalized spacial score (nSPS) is 28.6. The predicted octanol–water partition coefficient (Wildman–Crippen LogP) is 0.134. The van der Waals surface area contributed by atoms with Crippen LogP contribution in [0.4, 0.5) is 0 Å². The zero-order valence-electron chi connectivity index (χ0n) is 11.3. The van der Waals surface area contributed by atoms with Crippen molar-refractivity contribution in [2.45, 2.75) is 24.1 Å². The molecule has 2 rings (SSSR count). The number of carboxylic acid groups (broad SMARTS) is 1. The lowest BCUT2D eigenvalue weighted by Crippen LogP contribution is -2.37. The number of aliphatic imine (C=N–C) groups is 1. The summed E-state index contributed by atoms with van der Waals surface area (Å²) in [6, 6.07) is -0.191. The number of amides is 1. The minimum atomic E-state index is -3.04. The number of sulfone groups is 1. The van der Waals surface area contributed by atoms with Gasteiger partial charge in [0, 0.05) is 18.2 Å². The second-order valence-corrected chi connectivity index (χ2v) is 8.28. The highest BCUT2D eigenvalue weighted by atomic mass is 32.2. The fourth-order valence-corrected chi connectivity index (χ4v) is 6.34. The molecular weight excluding hydrogens is 316 g/mol. The van der Waals surface area contributed by atoms with Crippen molar-refractivity contribution in [3.8, 4) is 0 Å². The maximum Gasteiger partial charge on any atom is 0.303 e. The quantitative estimate of drug-likeness (QED) is 0.714. The van der Waals surface area contributed by atoms with Crippen molar-refractivity contribution < 1.29 is 23.1 Å². The Hall–Kier alpha value is -1.35. The SMILES string of the molecule is C=CCN1C(=NC(=O)CCC(=O)O)S[C@H]2CS(=O)(=O)C[C@@H]21. The molecule has 2 aliphatic heterocycles. The molecule has 0 unspecified atom stereocenters. The molecule has 0 aromatic heterocycles. The Morgan fingerprint density at radius 1 is 1.43 bits per heavy atom. The molecular formula is C12H16N2O5S2. The molecule has 1 amide bonds. The third kappa shape index (κ3) is 3.85. The van der Waals surface area contributed by atoms with E-state index < -0.39 is 21.7 Å². The van der Waals surface area contributed by atoms with Gasteiger partial charge in [-0.05, 0) is 0 Å². The van der Waals surface area contributed by atoms with E-state index in [1.807, 2.05) is 0 Å². The highest BCUT2D eigenvalue weighted by molar-refractivity contribution is 8.15. The minimum absolute atomic E-state index is 0.0564. The van der Waals surface area contributed by atoms with E-state index in [1.54, 1.807) is 11.0 Å². The zero-order valence-corrected chi connectivity index (χ0v) is 12.9. The molecule has 0 radical (unpaired) electrons. The lowest BCUT2D eigenvalue weighted by molar-refractivity contribution is -0.138. The minimum Gasteiger partial charge on any atom is -0.481 e. The van der Waals surface area contributed by atoms with Crippen LogP contribution in [0, 0.1) is 0 Å². The van der Waals surface area contributed by atoms with Crippen molar-refractivity contribution in [1.29, 1.82) is 0 Å². The number of hydrogen-bond donors (Lipinski definition) is 1. The van der Waals surface area contributed by atoms with E-state index in [-0.39, 0.29) is 35.6 Å². The van der Waals surface area contributed by atoms with Crippen LogP contribution < -0.4 is 0 Å². The van der Waals surface area contributed by atoms with Gasteiger partial charge in [0.15, 0.2) is 15.0 Å². The summed E-state index contributed by atoms with van der Waals surface area (Å²) in [6.45, 7) is 4.04. The standard InChI is InChI=1S/C12H16N2O5S2/c1-2-5-14-8-6-21(18,19)7-9(8)20-12(14)13-10(15)3-4-11(16)17/h2,8-9H,1,3-7H2,(H,16,17)/t8-,9-/m0/s1. The van der Waals surface area contributed by atoms with Gasteiger partial charge in [-0.25, -0.2) is 8.42 Å². The van der Waals surface area contributed by atoms with E-state index in [4.69, 9.17) is 5.11 Å². The maximum atomic E-state index is 11.7. The van der Waals surface area contributed by atoms with Crippen molar-refractivity contribution in [2.24, 2.45) is 4.99 Å². The number of fused-ring (bicyclic) bond motifs is 1. The Labute approximate surface area is 127 Å². The summed E-state index contributed by atoms with van der Waals surface area (Å²) in [4.78, 5) is 27.8. The van der Waals surface area contributed by atoms with Crippen LogP contribution in [-0.4, -0.2) is 64.8 Å². The molecule has 0 aromatic rings. The number of rotatable bonds is 5. The second-order valence-electron chi connectivity index (χ2n) is 4.92. The van der Waals surface area contributed by atoms with Crippen LogP contribution in [0.5, 0.6) is 0 Å². The predicted molar refractivity (Wildman–Crippen MR) is 80.0 cm³/mol. The van der Waals surface area contributed by atoms with E-state index in [0.29, 0.717) is 11.7 Å². The Kier molecular flexibility index (Phi) is 4.72. The van der Waals surface area contributed by atoms with Crippen molar-refractivity contribution in [2.75, 3.05) is 18.1 Å². The smallest absolute Gasteiger partial charge is 0.303 e. The molecule has 0 spiro atoms. The number of carbonyl (C=O) groups excluding carboxylic acids is 1. The van der Waals surface area contributed by atoms with E-state index in [2.05, 4.69) is 11.6 Å². The van der Waals surface area contributed by atoms with Gasteiger partial charge in [-0.2, -0.15) is 4.99 Å². The fraction of sp³-hybridized carbons (Fsp3) is 0.583. The number of nitrogens with zero attached hydrogens (tertiary/aromatic N) is 2. The first-order chi connectivity index (χ1) is 9.82. The molecule has 0 aromatic carbocycles. The maximum absolute atomic E-state index is 11.7. The highest BCUT2D eigenvalue weighted by Crippen LogP contribution is 2.37. The molecule has 2 saturated heterocycles. The van der Waals surface area contributed by atoms with Gasteiger partial charge in [-0.1, -0.05) is 17.8 Å². The van der Waals surface area contributed by atoms with Gasteiger partial charge in [0.1, 0.15) is 0 Å². The lowest BCUT2D eigenvalue weighted by Gasteiger charge is -2.22. The van der Waals surface area contributed by atoms with E-state index in [1.165, 1.54) is 11.8 Å². The first-order valence-electron chi connectivity index (χ1n) is 6.40. The largest absolute Gasteiger partial charge is 0.481 e. The Bertz CT molecular complexity index is 599. The molecule has 7 nitrogen and oxygen atoms in total. The van der Waals surface area contributed by atoms with Crippen LogP contribution in [0.3, 0.4) is 0 Å². The van der Waals surface area contributed by atoms with Gasteiger partial charge >= 0.3 is 5.97 Å². The number of aliphatic carboxylic acids is 1. The molecule has 2 heterocycles. The monoisotopic (exact) mass is 332 g/mol. The van der Waals surface area contributed by atoms with Crippen LogP contribution >= 0.6 is 11.8 Å². The second kappa shape index (κ2) is 6.18. The van der Waals surface area contributed by atoms with Gasteiger partial charge in [-0.15, -0.1) is 6.58 Å². The molecule has 2 fully saturated rings. The Balaban J connectivity index is 2.12. The highest BCUT2D eigenvalue weighted by Gasteiger charge is 2.48. The van der Waals surface area contributed by atoms with Gasteiger partial charge < -0.3 is 10.0 Å². The Morgan fingerprint density at radius 2 is 2.14 bits per heavy atom. The van der Waals surface area contributed by atoms with Crippen LogP contribution in [-0.2, 0) is 19.4 Å². The summed E-state index contributed by atoms with van der Waals surface area (Å²) in [5.41, 5.74) is 0. The van der Waals surface area contributed by atoms with E-state index in [0.717, 1.165) is 0 Å². The number of hydrogen-bond acceptors (Lipinski definition) is 5. The molecule has 9 heteroatoms. The Morgan fingerprint density at radius 3 is 2.76 bits per heavy atom. The average molecular weight is 332 g/mol. The summed E-state index contributed by atoms with van der Waals surface area (Å²) in [7, 11) is -3.04. The molecule has 116 valence electrons. The molecule has 2 atom stereocenters. The molecule has 0 aliphatic carbocycles. The summed E-state index contributed by atoms with van der Waals surface area (Å²) in [5, 5.41) is 8.90. The van der Waals surface area contributed by atoms with Crippen molar-refractivity contribution in [3.63, 3.8) is 0 Å². The van der Waals surface area contributed by atoms with Crippen molar-refractivity contribution in [1.82, 2.24) is 4.90 Å². The summed E-state index contributed by atoms with van der Waals surface area (Å²) in [6.07, 6.45) is 1.21. The van der Waals surface area contributed by atoms with Gasteiger partial charge in [0.05, 0.1) is 24.0 Å². The molecule has 0 saturated carbocycles. The van der Waals surface area contributed by atoms with Crippen LogP contribution in [0.2, 0.25) is 0 Å². The number of thioether (sulfide) groups is 1. The van der Waals surface area contributed by atoms with Gasteiger partial charge in [0.2, 0.25) is 5.91 Å². The molecule has 21 heavy (non-hydrogen) atoms. The van der Waals surface area contributed by atoms with Crippen LogP contribution in [0.25, 0.3) is 0 Å². The van der Waals surface area contributed by atoms with Crippen LogP contribution in [0.1, 0.15) is 12.8 Å². The number of carboxylic acids is 1. The first-order valence-corrected chi connectivity index (χ1v) is 9.10. The number of carbonyl (C=O) groups is 2. The molecule has 1 N–H and O–H groups in total. The third-order valence-electron chi connectivity index (χ3n) is 3.27. The van der Waals surface area contributed by atoms with Gasteiger partial charge in [-0.3, -0.25) is 9.59 Å². The van der Waals surface area contributed by atoms with Crippen molar-refractivity contribution >= 4 is 38.6 Å². The van der Waals surface area contributed by atoms with Crippen LogP contribution in [0.15, 0.2) is 17.6 Å². The fourth-order valence-electron chi connectivity index (χ4n) is 2.36. The summed E-state index contributed by atoms with van der Waals surface area (Å²) < 4.78 is 23.3. The first kappa shape index (κ1) is 16.0. The summed E-state index contributed by atoms with van der Waals surface area (Å²) >= 11 is 1.27. The number of amidine groups is 1. The van der Waals surface area contributed by atoms with E-state index in [9.17, 15) is 18.0 Å². The summed E-state index contributed by atoms with van der Waals surface area (Å²) in [5.74, 6) is -1.41. The molecule has 2 aliphatic rings. The average Bonchev–Trinajstić information content (AvgIpc) is 2.81. The van der Waals surface area contributed by atoms with E-state index >= 15 is 0 Å². The third-order valence-corrected chi connectivity index (χ3v) is 6.52. The van der Waals surface area contributed by atoms with Gasteiger partial charge in [0.25, 0.3) is 0 Å².